The maximum atomic E-state index is 13.6. The molecule has 0 saturated carbocycles. The molecule has 7 nitrogen and oxygen atoms in total. The third-order valence-corrected chi connectivity index (χ3v) is 4.30. The number of hydrogen-bond acceptors (Lipinski definition) is 5. The number of nitrogens with one attached hydrogen (secondary N) is 1. The Kier molecular flexibility index (Phi) is 4.07. The van der Waals surface area contributed by atoms with Crippen LogP contribution in [-0.4, -0.2) is 39.6 Å². The maximum absolute atomic E-state index is 13.6. The van der Waals surface area contributed by atoms with Gasteiger partial charge in [-0.3, -0.25) is 0 Å². The van der Waals surface area contributed by atoms with Gasteiger partial charge in [0.25, 0.3) is 0 Å². The third-order valence-electron chi connectivity index (χ3n) is 3.17. The molecule has 0 amide bonds. The van der Waals surface area contributed by atoms with Gasteiger partial charge in [-0.15, -0.1) is 0 Å². The van der Waals surface area contributed by atoms with Crippen LogP contribution < -0.4 is 0 Å². The highest BCUT2D eigenvalue weighted by Gasteiger charge is 2.40. The van der Waals surface area contributed by atoms with Gasteiger partial charge in [0.05, 0.1) is 17.4 Å². The largest absolute Gasteiger partial charge is 0.434 e. The number of H-pyrrole nitrogens is 1. The van der Waals surface area contributed by atoms with E-state index >= 15 is 0 Å². The lowest BCUT2D eigenvalue weighted by Crippen LogP contribution is -2.14. The van der Waals surface area contributed by atoms with Gasteiger partial charge in [-0.25, -0.2) is 18.2 Å². The van der Waals surface area contributed by atoms with Crippen molar-refractivity contribution >= 4 is 21.4 Å². The fraction of sp³-hybridized carbons (Fsp3) is 0.154. The first-order valence-corrected chi connectivity index (χ1v) is 8.88. The number of nitrogens with zero attached hydrogens (tertiary/aromatic N) is 4. The van der Waals surface area contributed by atoms with Crippen LogP contribution in [0.5, 0.6) is 0 Å². The molecule has 2 aromatic heterocycles. The van der Waals surface area contributed by atoms with Crippen molar-refractivity contribution in [3.63, 3.8) is 0 Å². The number of benzene rings is 1. The van der Waals surface area contributed by atoms with E-state index in [-0.39, 0.29) is 5.69 Å². The normalized spacial score (nSPS) is 12.5. The fourth-order valence-corrected chi connectivity index (χ4v) is 2.69. The molecule has 0 fully saturated rings. The minimum Gasteiger partial charge on any atom is -0.249 e. The van der Waals surface area contributed by atoms with Crippen LogP contribution in [0.4, 0.5) is 13.2 Å². The zero-order valence-electron chi connectivity index (χ0n) is 12.4. The molecule has 3 aromatic rings. The quantitative estimate of drug-likeness (QED) is 0.741. The van der Waals surface area contributed by atoms with E-state index in [1.165, 1.54) is 24.3 Å². The Morgan fingerprint density at radius 1 is 1.20 bits per heavy atom. The van der Waals surface area contributed by atoms with Crippen molar-refractivity contribution in [1.82, 2.24) is 25.0 Å². The van der Waals surface area contributed by atoms with Crippen LogP contribution in [0.2, 0.25) is 5.02 Å². The average Bonchev–Trinajstić information content (AvgIpc) is 3.13. The number of sulfone groups is 1. The van der Waals surface area contributed by atoms with Gasteiger partial charge in [-0.2, -0.15) is 28.4 Å². The van der Waals surface area contributed by atoms with Gasteiger partial charge in [0.1, 0.15) is 0 Å². The van der Waals surface area contributed by atoms with Gasteiger partial charge >= 0.3 is 6.18 Å². The molecule has 0 spiro atoms. The predicted molar refractivity (Wildman–Crippen MR) is 82.1 cm³/mol. The molecule has 0 saturated heterocycles. The Morgan fingerprint density at radius 3 is 2.36 bits per heavy atom. The first kappa shape index (κ1) is 17.4. The molecule has 0 aliphatic heterocycles. The van der Waals surface area contributed by atoms with Crippen LogP contribution in [0.3, 0.4) is 0 Å². The van der Waals surface area contributed by atoms with Crippen molar-refractivity contribution in [2.45, 2.75) is 11.3 Å². The topological polar surface area (TPSA) is 93.5 Å². The van der Waals surface area contributed by atoms with Gasteiger partial charge in [0.15, 0.2) is 11.5 Å². The van der Waals surface area contributed by atoms with Gasteiger partial charge in [0.2, 0.25) is 15.0 Å². The molecular formula is C13H9ClF3N5O2S. The van der Waals surface area contributed by atoms with Gasteiger partial charge in [-0.1, -0.05) is 11.6 Å². The van der Waals surface area contributed by atoms with E-state index in [2.05, 4.69) is 20.3 Å². The molecule has 1 aromatic carbocycles. The lowest BCUT2D eigenvalue weighted by atomic mass is 10.2. The highest BCUT2D eigenvalue weighted by Crippen LogP contribution is 2.37. The number of rotatable bonds is 3. The molecule has 0 atom stereocenters. The first-order chi connectivity index (χ1) is 11.6. The molecule has 132 valence electrons. The molecule has 0 unspecified atom stereocenters. The minimum absolute atomic E-state index is 0.127. The summed E-state index contributed by atoms with van der Waals surface area (Å²) >= 11 is 5.74. The molecule has 25 heavy (non-hydrogen) atoms. The van der Waals surface area contributed by atoms with Crippen molar-refractivity contribution in [3.05, 3.63) is 41.2 Å². The van der Waals surface area contributed by atoms with Crippen molar-refractivity contribution in [2.75, 3.05) is 6.26 Å². The molecular weight excluding hydrogens is 383 g/mol. The summed E-state index contributed by atoms with van der Waals surface area (Å²) in [5.74, 6) is -0.423. The summed E-state index contributed by atoms with van der Waals surface area (Å²) in [5.41, 5.74) is -1.45. The van der Waals surface area contributed by atoms with Crippen molar-refractivity contribution in [2.24, 2.45) is 0 Å². The summed E-state index contributed by atoms with van der Waals surface area (Å²) in [6.07, 6.45) is -3.00. The summed E-state index contributed by atoms with van der Waals surface area (Å²) in [5, 5.41) is 9.23. The second-order valence-corrected chi connectivity index (χ2v) is 7.40. The van der Waals surface area contributed by atoms with E-state index in [0.29, 0.717) is 9.70 Å². The van der Waals surface area contributed by atoms with Gasteiger partial charge < -0.3 is 0 Å². The molecule has 12 heteroatoms. The summed E-state index contributed by atoms with van der Waals surface area (Å²) in [6.45, 7) is 0. The Bertz CT molecular complexity index is 1020. The average molecular weight is 392 g/mol. The highest BCUT2D eigenvalue weighted by atomic mass is 35.5. The van der Waals surface area contributed by atoms with Gasteiger partial charge in [0, 0.05) is 11.3 Å². The lowest BCUT2D eigenvalue weighted by Gasteiger charge is -2.11. The molecule has 3 rings (SSSR count). The molecule has 0 radical (unpaired) electrons. The molecule has 2 heterocycles. The zero-order chi connectivity index (χ0) is 18.4. The van der Waals surface area contributed by atoms with Crippen LogP contribution in [0, 0.1) is 0 Å². The summed E-state index contributed by atoms with van der Waals surface area (Å²) < 4.78 is 64.2. The number of hydrogen-bond donors (Lipinski definition) is 1. The van der Waals surface area contributed by atoms with Crippen LogP contribution >= 0.6 is 11.6 Å². The summed E-state index contributed by atoms with van der Waals surface area (Å²) in [6, 6.07) is 5.59. The molecule has 0 aliphatic rings. The number of alkyl halides is 3. The highest BCUT2D eigenvalue weighted by molar-refractivity contribution is 7.90. The second-order valence-electron chi connectivity index (χ2n) is 5.03. The van der Waals surface area contributed by atoms with E-state index in [9.17, 15) is 21.6 Å². The van der Waals surface area contributed by atoms with Crippen LogP contribution in [0.1, 0.15) is 5.69 Å². The monoisotopic (exact) mass is 391 g/mol. The number of aromatic amines is 1. The first-order valence-electron chi connectivity index (χ1n) is 6.61. The van der Waals surface area contributed by atoms with E-state index in [1.807, 2.05) is 0 Å². The maximum Gasteiger partial charge on any atom is 0.434 e. The van der Waals surface area contributed by atoms with Crippen molar-refractivity contribution in [1.29, 1.82) is 0 Å². The van der Waals surface area contributed by atoms with Crippen LogP contribution in [0.25, 0.3) is 17.1 Å². The standard InChI is InChI=1S/C13H9ClF3N5O2S/c1-25(23,24)12-19-11(20-21-12)9-6-18-22(10(9)13(15,16)17)8-4-2-7(14)3-5-8/h2-6H,1H3,(H,19,20,21). The Labute approximate surface area is 144 Å². The van der Waals surface area contributed by atoms with Gasteiger partial charge in [-0.05, 0) is 24.3 Å². The molecule has 0 aliphatic carbocycles. The Balaban J connectivity index is 2.19. The molecule has 1 N–H and O–H groups in total. The Morgan fingerprint density at radius 2 is 1.84 bits per heavy atom. The van der Waals surface area contributed by atoms with E-state index in [0.717, 1.165) is 12.5 Å². The summed E-state index contributed by atoms with van der Waals surface area (Å²) in [4.78, 5) is 3.62. The van der Waals surface area contributed by atoms with Crippen LogP contribution in [0.15, 0.2) is 35.6 Å². The smallest absolute Gasteiger partial charge is 0.249 e. The summed E-state index contributed by atoms with van der Waals surface area (Å²) in [7, 11) is -3.74. The van der Waals surface area contributed by atoms with E-state index in [4.69, 9.17) is 11.6 Å². The number of aromatic nitrogens is 5. The van der Waals surface area contributed by atoms with Crippen LogP contribution in [-0.2, 0) is 16.0 Å². The lowest BCUT2D eigenvalue weighted by molar-refractivity contribution is -0.142. The fourth-order valence-electron chi connectivity index (χ4n) is 2.10. The van der Waals surface area contributed by atoms with E-state index in [1.54, 1.807) is 0 Å². The minimum atomic E-state index is -4.78. The van der Waals surface area contributed by atoms with Crippen molar-refractivity contribution in [3.8, 4) is 17.1 Å². The van der Waals surface area contributed by atoms with E-state index < -0.39 is 38.3 Å². The predicted octanol–water partition coefficient (Wildman–Crippen LogP) is 2.73. The Hall–Kier alpha value is -2.40. The second kappa shape index (κ2) is 5.85. The SMILES string of the molecule is CS(=O)(=O)c1nc(-c2cnn(-c3ccc(Cl)cc3)c2C(F)(F)F)n[nH]1. The van der Waals surface area contributed by atoms with Crippen molar-refractivity contribution < 1.29 is 21.6 Å². The number of halogens is 4. The molecule has 0 bridgehead atoms. The zero-order valence-corrected chi connectivity index (χ0v) is 14.0. The third kappa shape index (κ3) is 3.37.